The number of amides is 2. The number of aryl methyl sites for hydroxylation is 1. The fourth-order valence-electron chi connectivity index (χ4n) is 2.71. The van der Waals surface area contributed by atoms with Crippen LogP contribution in [0.25, 0.3) is 0 Å². The number of guanidine groups is 1. The summed E-state index contributed by atoms with van der Waals surface area (Å²) >= 11 is 0. The molecule has 1 atom stereocenters. The van der Waals surface area contributed by atoms with Crippen molar-refractivity contribution in [3.63, 3.8) is 0 Å². The molecule has 0 spiro atoms. The maximum atomic E-state index is 12.4. The number of ether oxygens (including phenoxy) is 1. The molecule has 0 saturated heterocycles. The second-order valence-corrected chi connectivity index (χ2v) is 5.76. The van der Waals surface area contributed by atoms with E-state index in [9.17, 15) is 4.79 Å². The molecule has 0 saturated carbocycles. The van der Waals surface area contributed by atoms with E-state index in [4.69, 9.17) is 16.2 Å². The third-order valence-corrected chi connectivity index (χ3v) is 3.91. The summed E-state index contributed by atoms with van der Waals surface area (Å²) in [7, 11) is 0. The van der Waals surface area contributed by atoms with Gasteiger partial charge in [-0.1, -0.05) is 18.2 Å². The average molecular weight is 333 g/mol. The highest BCUT2D eigenvalue weighted by Gasteiger charge is 2.24. The van der Waals surface area contributed by atoms with Gasteiger partial charge in [0, 0.05) is 13.1 Å². The van der Waals surface area contributed by atoms with Gasteiger partial charge in [0.15, 0.2) is 5.96 Å². The van der Waals surface area contributed by atoms with Crippen LogP contribution in [0.5, 0.6) is 5.75 Å². The highest BCUT2D eigenvalue weighted by molar-refractivity contribution is 5.95. The van der Waals surface area contributed by atoms with E-state index >= 15 is 0 Å². The third kappa shape index (κ3) is 5.13. The van der Waals surface area contributed by atoms with E-state index in [1.165, 1.54) is 5.56 Å². The fourth-order valence-corrected chi connectivity index (χ4v) is 2.71. The number of hydrogen-bond acceptors (Lipinski definition) is 4. The first-order valence-corrected chi connectivity index (χ1v) is 8.44. The van der Waals surface area contributed by atoms with E-state index in [0.717, 1.165) is 25.0 Å². The lowest BCUT2D eigenvalue weighted by Crippen LogP contribution is -2.50. The summed E-state index contributed by atoms with van der Waals surface area (Å²) in [5.41, 5.74) is 12.5. The number of rotatable bonds is 6. The molecule has 0 radical (unpaired) electrons. The van der Waals surface area contributed by atoms with Crippen molar-refractivity contribution in [2.45, 2.75) is 32.3 Å². The fraction of sp³-hybridized carbons (Fsp3) is 0.529. The number of para-hydroxylation sites is 1. The Morgan fingerprint density at radius 2 is 2.25 bits per heavy atom. The third-order valence-electron chi connectivity index (χ3n) is 3.91. The van der Waals surface area contributed by atoms with Gasteiger partial charge in [-0.3, -0.25) is 10.3 Å². The number of nitrogens with one attached hydrogen (secondary N) is 1. The summed E-state index contributed by atoms with van der Waals surface area (Å²) in [4.78, 5) is 18.1. The largest absolute Gasteiger partial charge is 0.488 e. The Hall–Kier alpha value is -2.28. The Balaban J connectivity index is 1.98. The number of nitrogens with two attached hydrogens (primary N) is 2. The lowest BCUT2D eigenvalue weighted by atomic mass is 10.0. The van der Waals surface area contributed by atoms with Gasteiger partial charge in [0.25, 0.3) is 0 Å². The molecule has 7 nitrogen and oxygen atoms in total. The maximum absolute atomic E-state index is 12.4. The van der Waals surface area contributed by atoms with Crippen molar-refractivity contribution >= 4 is 12.0 Å². The number of hydrogen-bond donors (Lipinski definition) is 3. The molecular formula is C17H27N5O2. The number of nitrogens with zero attached hydrogens (tertiary/aromatic N) is 2. The van der Waals surface area contributed by atoms with E-state index in [2.05, 4.69) is 16.4 Å². The minimum absolute atomic E-state index is 0.0345. The van der Waals surface area contributed by atoms with Crippen molar-refractivity contribution in [3.05, 3.63) is 29.8 Å². The molecule has 1 aromatic carbocycles. The number of urea groups is 1. The van der Waals surface area contributed by atoms with Crippen molar-refractivity contribution in [2.24, 2.45) is 16.5 Å². The molecule has 1 unspecified atom stereocenters. The second-order valence-electron chi connectivity index (χ2n) is 5.76. The second kappa shape index (κ2) is 9.12. The van der Waals surface area contributed by atoms with E-state index < -0.39 is 0 Å². The van der Waals surface area contributed by atoms with Gasteiger partial charge in [-0.2, -0.15) is 0 Å². The average Bonchev–Trinajstić information content (AvgIpc) is 2.58. The van der Waals surface area contributed by atoms with Crippen LogP contribution in [-0.4, -0.2) is 49.2 Å². The summed E-state index contributed by atoms with van der Waals surface area (Å²) in [6.45, 7) is 3.97. The zero-order valence-corrected chi connectivity index (χ0v) is 14.2. The lowest BCUT2D eigenvalue weighted by Gasteiger charge is -2.31. The predicted octanol–water partition coefficient (Wildman–Crippen LogP) is 1.08. The number of carbonyl (C=O) groups is 1. The standard InChI is InChI=1S/C17H27N5O2/c1-2-20-16(19)21-17(23)22(11-5-10-18)12-14-9-8-13-6-3-4-7-15(13)24-14/h3-4,6-7,14H,2,5,8-12,18H2,1H3,(H3,19,20,21,23). The molecule has 0 aliphatic carbocycles. The van der Waals surface area contributed by atoms with Gasteiger partial charge >= 0.3 is 6.03 Å². The van der Waals surface area contributed by atoms with Crippen LogP contribution in [0.3, 0.4) is 0 Å². The zero-order valence-electron chi connectivity index (χ0n) is 14.2. The molecule has 0 fully saturated rings. The maximum Gasteiger partial charge on any atom is 0.324 e. The van der Waals surface area contributed by atoms with Gasteiger partial charge in [-0.25, -0.2) is 4.79 Å². The lowest BCUT2D eigenvalue weighted by molar-refractivity contribution is 0.123. The molecule has 0 bridgehead atoms. The molecule has 1 heterocycles. The quantitative estimate of drug-likeness (QED) is 0.535. The first-order chi connectivity index (χ1) is 11.6. The summed E-state index contributed by atoms with van der Waals surface area (Å²) in [5.74, 6) is 1.04. The smallest absolute Gasteiger partial charge is 0.324 e. The van der Waals surface area contributed by atoms with Crippen molar-refractivity contribution in [1.29, 1.82) is 0 Å². The molecule has 7 heteroatoms. The van der Waals surface area contributed by atoms with Crippen LogP contribution in [0.15, 0.2) is 29.3 Å². The summed E-state index contributed by atoms with van der Waals surface area (Å²) in [6.07, 6.45) is 2.52. The monoisotopic (exact) mass is 333 g/mol. The van der Waals surface area contributed by atoms with E-state index in [1.54, 1.807) is 4.90 Å². The minimum atomic E-state index is -0.263. The van der Waals surface area contributed by atoms with Gasteiger partial charge in [-0.05, 0) is 44.4 Å². The van der Waals surface area contributed by atoms with Crippen LogP contribution in [0.4, 0.5) is 4.79 Å². The number of fused-ring (bicyclic) bond motifs is 1. The molecule has 0 aromatic heterocycles. The summed E-state index contributed by atoms with van der Waals surface area (Å²) in [5, 5.41) is 2.62. The number of carbonyl (C=O) groups excluding carboxylic acids is 1. The summed E-state index contributed by atoms with van der Waals surface area (Å²) in [6, 6.07) is 7.76. The van der Waals surface area contributed by atoms with Gasteiger partial charge < -0.3 is 21.1 Å². The van der Waals surface area contributed by atoms with Crippen molar-refractivity contribution in [1.82, 2.24) is 10.2 Å². The van der Waals surface area contributed by atoms with Crippen LogP contribution in [-0.2, 0) is 6.42 Å². The van der Waals surface area contributed by atoms with Crippen molar-refractivity contribution < 1.29 is 9.53 Å². The van der Waals surface area contributed by atoms with E-state index in [0.29, 0.717) is 26.2 Å². The van der Waals surface area contributed by atoms with Crippen LogP contribution in [0.1, 0.15) is 25.3 Å². The molecule has 1 aliphatic heterocycles. The topological polar surface area (TPSA) is 106 Å². The molecule has 1 aromatic rings. The number of aliphatic imine (C=N–C) groups is 1. The normalized spacial score (nSPS) is 16.9. The van der Waals surface area contributed by atoms with Gasteiger partial charge in [0.1, 0.15) is 11.9 Å². The first-order valence-electron chi connectivity index (χ1n) is 8.44. The molecule has 24 heavy (non-hydrogen) atoms. The van der Waals surface area contributed by atoms with Crippen LogP contribution < -0.4 is 21.5 Å². The predicted molar refractivity (Wildman–Crippen MR) is 95.1 cm³/mol. The van der Waals surface area contributed by atoms with Crippen LogP contribution in [0.2, 0.25) is 0 Å². The van der Waals surface area contributed by atoms with E-state index in [1.807, 2.05) is 25.1 Å². The SMILES string of the molecule is CCN=C(N)NC(=O)N(CCCN)CC1CCc2ccccc2O1. The molecule has 2 rings (SSSR count). The Labute approximate surface area is 143 Å². The van der Waals surface area contributed by atoms with Gasteiger partial charge in [0.2, 0.25) is 0 Å². The first kappa shape index (κ1) is 18.1. The molecule has 2 amide bonds. The Morgan fingerprint density at radius 3 is 3.00 bits per heavy atom. The highest BCUT2D eigenvalue weighted by Crippen LogP contribution is 2.27. The summed E-state index contributed by atoms with van der Waals surface area (Å²) < 4.78 is 6.03. The van der Waals surface area contributed by atoms with Crippen molar-refractivity contribution in [2.75, 3.05) is 26.2 Å². The Kier molecular flexibility index (Phi) is 6.87. The van der Waals surface area contributed by atoms with Gasteiger partial charge in [-0.15, -0.1) is 0 Å². The Morgan fingerprint density at radius 1 is 1.46 bits per heavy atom. The minimum Gasteiger partial charge on any atom is -0.488 e. The van der Waals surface area contributed by atoms with E-state index in [-0.39, 0.29) is 18.1 Å². The molecule has 5 N–H and O–H groups in total. The van der Waals surface area contributed by atoms with Crippen LogP contribution >= 0.6 is 0 Å². The molecular weight excluding hydrogens is 306 g/mol. The van der Waals surface area contributed by atoms with Gasteiger partial charge in [0.05, 0.1) is 6.54 Å². The molecule has 1 aliphatic rings. The highest BCUT2D eigenvalue weighted by atomic mass is 16.5. The zero-order chi connectivity index (χ0) is 17.4. The van der Waals surface area contributed by atoms with Crippen LogP contribution in [0, 0.1) is 0 Å². The van der Waals surface area contributed by atoms with Crippen molar-refractivity contribution in [3.8, 4) is 5.75 Å². The number of benzene rings is 1. The molecule has 132 valence electrons. The Bertz CT molecular complexity index is 576.